The first-order chi connectivity index (χ1) is 9.58. The molecule has 0 spiro atoms. The smallest absolute Gasteiger partial charge is 1.00 e. The number of aromatic carboxylic acids is 1. The third kappa shape index (κ3) is 4.67. The molecule has 0 aliphatic heterocycles. The first kappa shape index (κ1) is 17.4. The minimum atomic E-state index is -1.01. The molecule has 0 saturated heterocycles. The van der Waals surface area contributed by atoms with Gasteiger partial charge in [-0.2, -0.15) is 5.11 Å². The second-order valence-electron chi connectivity index (χ2n) is 4.43. The normalized spacial score (nSPS) is 10.2. The molecule has 0 unspecified atom stereocenters. The molecule has 104 valence electrons. The van der Waals surface area contributed by atoms with Crippen LogP contribution in [0.3, 0.4) is 0 Å². The van der Waals surface area contributed by atoms with Gasteiger partial charge in [-0.15, -0.1) is 5.11 Å². The predicted molar refractivity (Wildman–Crippen MR) is 79.5 cm³/mol. The number of hydrogen-bond acceptors (Lipinski definition) is 4. The van der Waals surface area contributed by atoms with Gasteiger partial charge in [0.2, 0.25) is 0 Å². The summed E-state index contributed by atoms with van der Waals surface area (Å²) in [6.07, 6.45) is 0. The van der Waals surface area contributed by atoms with Gasteiger partial charge in [0, 0.05) is 19.8 Å². The van der Waals surface area contributed by atoms with Crippen molar-refractivity contribution >= 4 is 23.0 Å². The van der Waals surface area contributed by atoms with Gasteiger partial charge in [-0.3, -0.25) is 0 Å². The van der Waals surface area contributed by atoms with Crippen molar-refractivity contribution < 1.29 is 40.9 Å². The maximum absolute atomic E-state index is 11.0. The summed E-state index contributed by atoms with van der Waals surface area (Å²) in [5.41, 5.74) is 2.23. The maximum Gasteiger partial charge on any atom is 1.00 e. The van der Waals surface area contributed by atoms with E-state index in [1.165, 1.54) is 6.07 Å². The van der Waals surface area contributed by atoms with Crippen LogP contribution in [0.5, 0.6) is 0 Å². The number of carboxylic acids is 1. The summed E-state index contributed by atoms with van der Waals surface area (Å²) in [4.78, 5) is 13.0. The quantitative estimate of drug-likeness (QED) is 0.675. The Morgan fingerprint density at radius 1 is 1.05 bits per heavy atom. The Morgan fingerprint density at radius 2 is 1.67 bits per heavy atom. The van der Waals surface area contributed by atoms with Crippen molar-refractivity contribution in [1.29, 1.82) is 0 Å². The second-order valence-corrected chi connectivity index (χ2v) is 4.43. The zero-order chi connectivity index (χ0) is 14.5. The average Bonchev–Trinajstić information content (AvgIpc) is 2.45. The molecule has 0 aromatic heterocycles. The molecule has 0 aliphatic carbocycles. The monoisotopic (exact) mass is 293 g/mol. The third-order valence-electron chi connectivity index (χ3n) is 2.77. The van der Waals surface area contributed by atoms with Crippen molar-refractivity contribution in [2.45, 2.75) is 0 Å². The van der Waals surface area contributed by atoms with E-state index in [2.05, 4.69) is 10.2 Å². The van der Waals surface area contributed by atoms with Crippen LogP contribution in [-0.4, -0.2) is 25.2 Å². The number of benzene rings is 2. The summed E-state index contributed by atoms with van der Waals surface area (Å²) >= 11 is 0. The number of carbonyl (C=O) groups is 1. The molecule has 0 atom stereocenters. The first-order valence-corrected chi connectivity index (χ1v) is 6.09. The zero-order valence-corrected chi connectivity index (χ0v) is 14.3. The molecule has 21 heavy (non-hydrogen) atoms. The number of anilines is 1. The second kappa shape index (κ2) is 7.93. The Morgan fingerprint density at radius 3 is 2.24 bits per heavy atom. The van der Waals surface area contributed by atoms with Crippen LogP contribution in [0.4, 0.5) is 17.1 Å². The van der Waals surface area contributed by atoms with Gasteiger partial charge in [-0.1, -0.05) is 12.1 Å². The summed E-state index contributed by atoms with van der Waals surface area (Å²) in [6, 6.07) is 14.1. The van der Waals surface area contributed by atoms with E-state index >= 15 is 0 Å². The fourth-order valence-electron chi connectivity index (χ4n) is 1.67. The van der Waals surface area contributed by atoms with Crippen molar-refractivity contribution in [1.82, 2.24) is 0 Å². The molecule has 0 fully saturated rings. The first-order valence-electron chi connectivity index (χ1n) is 6.09. The van der Waals surface area contributed by atoms with Gasteiger partial charge in [0.05, 0.1) is 11.3 Å². The van der Waals surface area contributed by atoms with Gasteiger partial charge in [0.15, 0.2) is 0 Å². The molecular weight excluding hydrogens is 277 g/mol. The van der Waals surface area contributed by atoms with Gasteiger partial charge in [-0.05, 0) is 36.4 Å². The zero-order valence-electron chi connectivity index (χ0n) is 13.3. The number of rotatable bonds is 4. The summed E-state index contributed by atoms with van der Waals surface area (Å²) in [5, 5.41) is 17.1. The van der Waals surface area contributed by atoms with Crippen molar-refractivity contribution in [2.24, 2.45) is 10.2 Å². The SMILES string of the molecule is CN(C)c1ccc(N=Nc2ccccc2C(=O)O)cc1.[H-].[Na+]. The topological polar surface area (TPSA) is 65.3 Å². The van der Waals surface area contributed by atoms with Gasteiger partial charge >= 0.3 is 35.5 Å². The molecule has 0 saturated carbocycles. The number of hydrogen-bond donors (Lipinski definition) is 1. The van der Waals surface area contributed by atoms with E-state index < -0.39 is 5.97 Å². The third-order valence-corrected chi connectivity index (χ3v) is 2.77. The van der Waals surface area contributed by atoms with Crippen LogP contribution in [0.2, 0.25) is 0 Å². The fraction of sp³-hybridized carbons (Fsp3) is 0.133. The Labute approximate surface area is 147 Å². The van der Waals surface area contributed by atoms with E-state index in [1.807, 2.05) is 43.3 Å². The van der Waals surface area contributed by atoms with E-state index in [0.717, 1.165) is 5.69 Å². The van der Waals surface area contributed by atoms with E-state index in [1.54, 1.807) is 18.2 Å². The number of carboxylic acid groups (broad SMARTS) is 1. The molecule has 0 bridgehead atoms. The maximum atomic E-state index is 11.0. The molecule has 0 aliphatic rings. The van der Waals surface area contributed by atoms with E-state index in [-0.39, 0.29) is 36.5 Å². The van der Waals surface area contributed by atoms with Gasteiger partial charge < -0.3 is 11.4 Å². The number of azo groups is 1. The van der Waals surface area contributed by atoms with Gasteiger partial charge in [0.1, 0.15) is 5.69 Å². The minimum absolute atomic E-state index is 0. The van der Waals surface area contributed by atoms with Crippen LogP contribution in [0.25, 0.3) is 0 Å². The van der Waals surface area contributed by atoms with Crippen molar-refractivity contribution in [3.63, 3.8) is 0 Å². The molecule has 0 amide bonds. The van der Waals surface area contributed by atoms with E-state index in [4.69, 9.17) is 5.11 Å². The van der Waals surface area contributed by atoms with Gasteiger partial charge in [0.25, 0.3) is 0 Å². The average molecular weight is 293 g/mol. The summed E-state index contributed by atoms with van der Waals surface area (Å²) in [6.45, 7) is 0. The summed E-state index contributed by atoms with van der Waals surface area (Å²) in [5.74, 6) is -1.01. The molecular formula is C15H16N3NaO2. The van der Waals surface area contributed by atoms with Crippen LogP contribution in [-0.2, 0) is 0 Å². The molecule has 0 radical (unpaired) electrons. The molecule has 5 nitrogen and oxygen atoms in total. The van der Waals surface area contributed by atoms with Crippen molar-refractivity contribution in [3.05, 3.63) is 54.1 Å². The van der Waals surface area contributed by atoms with E-state index in [0.29, 0.717) is 11.4 Å². The molecule has 1 N–H and O–H groups in total. The minimum Gasteiger partial charge on any atom is -1.00 e. The van der Waals surface area contributed by atoms with Crippen molar-refractivity contribution in [3.8, 4) is 0 Å². The Kier molecular flexibility index (Phi) is 6.55. The predicted octanol–water partition coefficient (Wildman–Crippen LogP) is 0.983. The molecule has 2 aromatic carbocycles. The molecule has 0 heterocycles. The molecule has 2 aromatic rings. The van der Waals surface area contributed by atoms with Gasteiger partial charge in [-0.25, -0.2) is 4.79 Å². The standard InChI is InChI=1S/C15H15N3O2.Na.H/c1-18(2)12-9-7-11(8-10-12)16-17-14-6-4-3-5-13(14)15(19)20;;/h3-10H,1-2H3,(H,19,20);;/q;+1;-1. The van der Waals surface area contributed by atoms with Crippen LogP contribution in [0.15, 0.2) is 58.8 Å². The Balaban J connectivity index is 0.00000220. The van der Waals surface area contributed by atoms with Crippen LogP contribution >= 0.6 is 0 Å². The fourth-order valence-corrected chi connectivity index (χ4v) is 1.67. The summed E-state index contributed by atoms with van der Waals surface area (Å²) in [7, 11) is 3.92. The van der Waals surface area contributed by atoms with Crippen LogP contribution < -0.4 is 34.5 Å². The number of nitrogens with zero attached hydrogens (tertiary/aromatic N) is 3. The molecule has 2 rings (SSSR count). The Hall–Kier alpha value is -1.69. The molecule has 6 heteroatoms. The van der Waals surface area contributed by atoms with Crippen LogP contribution in [0.1, 0.15) is 11.8 Å². The van der Waals surface area contributed by atoms with Crippen molar-refractivity contribution in [2.75, 3.05) is 19.0 Å². The Bertz CT molecular complexity index is 645. The van der Waals surface area contributed by atoms with E-state index in [9.17, 15) is 4.79 Å². The largest absolute Gasteiger partial charge is 1.00 e. The van der Waals surface area contributed by atoms with Crippen LogP contribution in [0, 0.1) is 0 Å². The summed E-state index contributed by atoms with van der Waals surface area (Å²) < 4.78 is 0.